The van der Waals surface area contributed by atoms with E-state index in [0.717, 1.165) is 6.92 Å². The first-order chi connectivity index (χ1) is 8.42. The molecule has 9 heteroatoms. The lowest BCUT2D eigenvalue weighted by molar-refractivity contribution is -0.277. The summed E-state index contributed by atoms with van der Waals surface area (Å²) in [5.41, 5.74) is -4.97. The topological polar surface area (TPSA) is 29.5 Å². The van der Waals surface area contributed by atoms with Crippen molar-refractivity contribution in [3.63, 3.8) is 0 Å². The average Bonchev–Trinajstić information content (AvgIpc) is 2.26. The van der Waals surface area contributed by atoms with Crippen molar-refractivity contribution in [3.8, 4) is 0 Å². The minimum absolute atomic E-state index is 0.565. The van der Waals surface area contributed by atoms with Crippen LogP contribution in [0.1, 0.15) is 6.92 Å². The molecule has 2 unspecified atom stereocenters. The van der Waals surface area contributed by atoms with E-state index in [0.29, 0.717) is 0 Å². The van der Waals surface area contributed by atoms with Gasteiger partial charge in [-0.15, -0.1) is 0 Å². The molecular weight excluding hydrogens is 285 g/mol. The highest BCUT2D eigenvalue weighted by molar-refractivity contribution is 5.15. The predicted octanol–water partition coefficient (Wildman–Crippen LogP) is 2.81. The third kappa shape index (κ3) is 3.59. The van der Waals surface area contributed by atoms with E-state index in [1.54, 1.807) is 0 Å². The van der Waals surface area contributed by atoms with Gasteiger partial charge in [-0.1, -0.05) is 6.58 Å². The van der Waals surface area contributed by atoms with E-state index in [4.69, 9.17) is 5.11 Å². The average molecular weight is 298 g/mol. The number of aliphatic hydroxyl groups is 1. The Morgan fingerprint density at radius 3 is 2.00 bits per heavy atom. The molecule has 0 aliphatic rings. The summed E-state index contributed by atoms with van der Waals surface area (Å²) in [5.74, 6) is -10.6. The van der Waals surface area contributed by atoms with Gasteiger partial charge in [-0.2, -0.15) is 17.6 Å². The molecule has 0 heterocycles. The van der Waals surface area contributed by atoms with Crippen LogP contribution in [0.15, 0.2) is 12.7 Å². The van der Waals surface area contributed by atoms with E-state index in [1.165, 1.54) is 0 Å². The van der Waals surface area contributed by atoms with Gasteiger partial charge < -0.3 is 9.84 Å². The van der Waals surface area contributed by atoms with Gasteiger partial charge in [0.05, 0.1) is 12.7 Å². The van der Waals surface area contributed by atoms with Gasteiger partial charge >= 0.3 is 18.3 Å². The van der Waals surface area contributed by atoms with Gasteiger partial charge in [0.15, 0.2) is 0 Å². The summed E-state index contributed by atoms with van der Waals surface area (Å²) in [6.45, 7) is 0.967. The highest BCUT2D eigenvalue weighted by Gasteiger charge is 2.72. The second kappa shape index (κ2) is 6.08. The monoisotopic (exact) mass is 298 g/mol. The lowest BCUT2D eigenvalue weighted by atomic mass is 9.90. The maximum atomic E-state index is 13.6. The number of allylic oxidation sites excluding steroid dienone is 1. The number of rotatable bonds is 8. The molecule has 0 aromatic rings. The normalized spacial score (nSPS) is 18.2. The lowest BCUT2D eigenvalue weighted by Crippen LogP contribution is -2.60. The van der Waals surface area contributed by atoms with Gasteiger partial charge in [0.25, 0.3) is 5.67 Å². The molecular formula is C10H13F7O2. The molecule has 0 fully saturated rings. The molecule has 0 saturated heterocycles. The Kier molecular flexibility index (Phi) is 5.82. The van der Waals surface area contributed by atoms with Crippen LogP contribution in [-0.2, 0) is 4.74 Å². The molecule has 0 saturated carbocycles. The lowest BCUT2D eigenvalue weighted by Gasteiger charge is -2.36. The third-order valence-electron chi connectivity index (χ3n) is 2.22. The quantitative estimate of drug-likeness (QED) is 0.551. The zero-order valence-electron chi connectivity index (χ0n) is 9.85. The SMILES string of the molecule is C=CC(F)(C(F)(F)COCC(C)O)C(F)(F)C(F)F. The fourth-order valence-corrected chi connectivity index (χ4v) is 1.15. The summed E-state index contributed by atoms with van der Waals surface area (Å²) in [6, 6.07) is 0. The molecule has 0 aliphatic heterocycles. The molecule has 1 N–H and O–H groups in total. The first kappa shape index (κ1) is 18.2. The largest absolute Gasteiger partial charge is 0.391 e. The molecule has 0 aliphatic carbocycles. The van der Waals surface area contributed by atoms with Crippen molar-refractivity contribution in [2.75, 3.05) is 13.2 Å². The van der Waals surface area contributed by atoms with Gasteiger partial charge in [-0.25, -0.2) is 13.2 Å². The molecule has 2 nitrogen and oxygen atoms in total. The molecule has 0 aromatic carbocycles. The maximum Gasteiger partial charge on any atom is 0.350 e. The van der Waals surface area contributed by atoms with Gasteiger partial charge in [-0.3, -0.25) is 0 Å². The van der Waals surface area contributed by atoms with Crippen LogP contribution in [-0.4, -0.2) is 48.4 Å². The van der Waals surface area contributed by atoms with Crippen molar-refractivity contribution in [1.29, 1.82) is 0 Å². The van der Waals surface area contributed by atoms with Crippen LogP contribution in [0.25, 0.3) is 0 Å². The van der Waals surface area contributed by atoms with Gasteiger partial charge in [-0.05, 0) is 13.0 Å². The molecule has 0 amide bonds. The fraction of sp³-hybridized carbons (Fsp3) is 0.800. The molecule has 19 heavy (non-hydrogen) atoms. The highest BCUT2D eigenvalue weighted by Crippen LogP contribution is 2.48. The van der Waals surface area contributed by atoms with E-state index in [1.807, 2.05) is 0 Å². The summed E-state index contributed by atoms with van der Waals surface area (Å²) >= 11 is 0. The van der Waals surface area contributed by atoms with Crippen LogP contribution in [0.5, 0.6) is 0 Å². The van der Waals surface area contributed by atoms with Crippen LogP contribution in [0, 0.1) is 0 Å². The van der Waals surface area contributed by atoms with Crippen molar-refractivity contribution < 1.29 is 40.6 Å². The summed E-state index contributed by atoms with van der Waals surface area (Å²) < 4.78 is 94.2. The second-order valence-corrected chi connectivity index (χ2v) is 3.91. The smallest absolute Gasteiger partial charge is 0.350 e. The van der Waals surface area contributed by atoms with E-state index < -0.39 is 49.3 Å². The molecule has 2 atom stereocenters. The minimum atomic E-state index is -5.63. The van der Waals surface area contributed by atoms with Crippen molar-refractivity contribution in [3.05, 3.63) is 12.7 Å². The zero-order valence-corrected chi connectivity index (χ0v) is 9.85. The Morgan fingerprint density at radius 2 is 1.68 bits per heavy atom. The summed E-state index contributed by atoms with van der Waals surface area (Å²) in [5, 5.41) is 8.71. The molecule has 0 aromatic heterocycles. The molecule has 0 bridgehead atoms. The number of hydrogen-bond acceptors (Lipinski definition) is 2. The van der Waals surface area contributed by atoms with Crippen LogP contribution in [0.3, 0.4) is 0 Å². The van der Waals surface area contributed by atoms with Crippen molar-refractivity contribution in [1.82, 2.24) is 0 Å². The Morgan fingerprint density at radius 1 is 1.21 bits per heavy atom. The van der Waals surface area contributed by atoms with Gasteiger partial charge in [0, 0.05) is 0 Å². The minimum Gasteiger partial charge on any atom is -0.391 e. The first-order valence-electron chi connectivity index (χ1n) is 5.04. The van der Waals surface area contributed by atoms with Gasteiger partial charge in [0.1, 0.15) is 6.61 Å². The fourth-order valence-electron chi connectivity index (χ4n) is 1.15. The van der Waals surface area contributed by atoms with E-state index in [2.05, 4.69) is 11.3 Å². The summed E-state index contributed by atoms with van der Waals surface area (Å²) in [6.07, 6.45) is -6.41. The Hall–Kier alpha value is -0.830. The van der Waals surface area contributed by atoms with Crippen molar-refractivity contribution >= 4 is 0 Å². The Bertz CT molecular complexity index is 306. The van der Waals surface area contributed by atoms with E-state index in [9.17, 15) is 30.7 Å². The molecule has 114 valence electrons. The van der Waals surface area contributed by atoms with Crippen LogP contribution < -0.4 is 0 Å². The summed E-state index contributed by atoms with van der Waals surface area (Å²) in [7, 11) is 0. The first-order valence-corrected chi connectivity index (χ1v) is 5.04. The van der Waals surface area contributed by atoms with Crippen molar-refractivity contribution in [2.24, 2.45) is 0 Å². The van der Waals surface area contributed by atoms with E-state index >= 15 is 0 Å². The standard InChI is InChI=1S/C10H13F7O2/c1-3-8(13,10(16,17)7(11)12)9(14,15)5-19-4-6(2)18/h3,6-7,18H,1,4-5H2,2H3. The zero-order chi connectivity index (χ0) is 15.5. The highest BCUT2D eigenvalue weighted by atomic mass is 19.3. The third-order valence-corrected chi connectivity index (χ3v) is 2.22. The number of ether oxygens (including phenoxy) is 1. The van der Waals surface area contributed by atoms with Crippen LogP contribution in [0.2, 0.25) is 0 Å². The van der Waals surface area contributed by atoms with E-state index in [-0.39, 0.29) is 0 Å². The second-order valence-electron chi connectivity index (χ2n) is 3.91. The number of halogens is 7. The number of aliphatic hydroxyl groups excluding tert-OH is 1. The van der Waals surface area contributed by atoms with Crippen LogP contribution >= 0.6 is 0 Å². The molecule has 0 radical (unpaired) electrons. The van der Waals surface area contributed by atoms with Crippen molar-refractivity contribution in [2.45, 2.75) is 37.0 Å². The Labute approximate surface area is 104 Å². The number of alkyl halides is 7. The van der Waals surface area contributed by atoms with Crippen LogP contribution in [0.4, 0.5) is 30.7 Å². The summed E-state index contributed by atoms with van der Waals surface area (Å²) in [4.78, 5) is 0. The predicted molar refractivity (Wildman–Crippen MR) is 52.4 cm³/mol. The molecule has 0 spiro atoms. The number of hydrogen-bond donors (Lipinski definition) is 1. The molecule has 0 rings (SSSR count). The maximum absolute atomic E-state index is 13.6. The van der Waals surface area contributed by atoms with Gasteiger partial charge in [0.2, 0.25) is 0 Å². The Balaban J connectivity index is 5.14.